The lowest BCUT2D eigenvalue weighted by Crippen LogP contribution is -2.51. The lowest BCUT2D eigenvalue weighted by Gasteiger charge is -2.44. The maximum atomic E-state index is 14.2. The van der Waals surface area contributed by atoms with Gasteiger partial charge in [0.2, 0.25) is 5.88 Å². The van der Waals surface area contributed by atoms with Crippen molar-refractivity contribution in [3.05, 3.63) is 76.9 Å². The number of benzene rings is 2. The Morgan fingerprint density at radius 2 is 1.70 bits per heavy atom. The van der Waals surface area contributed by atoms with Crippen molar-refractivity contribution in [3.8, 4) is 11.6 Å². The lowest BCUT2D eigenvalue weighted by atomic mass is 9.72. The van der Waals surface area contributed by atoms with Crippen molar-refractivity contribution in [2.45, 2.75) is 44.7 Å². The second-order valence-corrected chi connectivity index (χ2v) is 10.6. The topological polar surface area (TPSA) is 81.7 Å². The summed E-state index contributed by atoms with van der Waals surface area (Å²) >= 11 is 6.22. The molecular formula is C30H32ClF2N3O4. The SMILES string of the molecule is CCOC(=O)COc1ccc(OCC(C2CCCCC2)C2(c3ccc(Cl)cc3)Nc3cc(F)c(F)cc3N2)nc1. The second kappa shape index (κ2) is 12.3. The molecule has 10 heteroatoms. The van der Waals surface area contributed by atoms with Gasteiger partial charge in [0.1, 0.15) is 11.4 Å². The summed E-state index contributed by atoms with van der Waals surface area (Å²) in [4.78, 5) is 15.9. The lowest BCUT2D eigenvalue weighted by molar-refractivity contribution is -0.145. The van der Waals surface area contributed by atoms with Crippen LogP contribution in [0.5, 0.6) is 11.6 Å². The minimum absolute atomic E-state index is 0.144. The fourth-order valence-corrected chi connectivity index (χ4v) is 5.80. The number of pyridine rings is 1. The van der Waals surface area contributed by atoms with E-state index in [2.05, 4.69) is 15.6 Å². The van der Waals surface area contributed by atoms with E-state index in [0.717, 1.165) is 31.2 Å². The Kier molecular flexibility index (Phi) is 8.59. The first-order chi connectivity index (χ1) is 19.4. The largest absolute Gasteiger partial charge is 0.480 e. The van der Waals surface area contributed by atoms with E-state index in [9.17, 15) is 13.6 Å². The summed E-state index contributed by atoms with van der Waals surface area (Å²) in [5.41, 5.74) is 0.938. The zero-order valence-corrected chi connectivity index (χ0v) is 23.0. The Labute approximate surface area is 237 Å². The van der Waals surface area contributed by atoms with Crippen molar-refractivity contribution in [2.24, 2.45) is 11.8 Å². The van der Waals surface area contributed by atoms with Gasteiger partial charge in [-0.05, 0) is 49.4 Å². The molecule has 1 saturated carbocycles. The van der Waals surface area contributed by atoms with Crippen LogP contribution >= 0.6 is 11.6 Å². The first-order valence-corrected chi connectivity index (χ1v) is 13.9. The molecule has 1 atom stereocenters. The minimum Gasteiger partial charge on any atom is -0.480 e. The average Bonchev–Trinajstić information content (AvgIpc) is 3.32. The number of carbonyl (C=O) groups excluding carboxylic acids is 1. The minimum atomic E-state index is -0.917. The van der Waals surface area contributed by atoms with Crippen LogP contribution in [-0.4, -0.2) is 30.8 Å². The van der Waals surface area contributed by atoms with E-state index in [4.69, 9.17) is 25.8 Å². The van der Waals surface area contributed by atoms with Gasteiger partial charge in [-0.2, -0.15) is 0 Å². The van der Waals surface area contributed by atoms with E-state index in [0.29, 0.717) is 28.0 Å². The van der Waals surface area contributed by atoms with Gasteiger partial charge in [0.15, 0.2) is 18.2 Å². The number of nitrogens with one attached hydrogen (secondary N) is 2. The molecule has 5 rings (SSSR count). The summed E-state index contributed by atoms with van der Waals surface area (Å²) in [5, 5.41) is 7.60. The van der Waals surface area contributed by atoms with Gasteiger partial charge in [0.05, 0.1) is 30.8 Å². The molecular weight excluding hydrogens is 540 g/mol. The molecule has 2 aliphatic rings. The van der Waals surface area contributed by atoms with Gasteiger partial charge in [-0.25, -0.2) is 18.6 Å². The smallest absolute Gasteiger partial charge is 0.344 e. The highest BCUT2D eigenvalue weighted by molar-refractivity contribution is 6.30. The zero-order chi connectivity index (χ0) is 28.1. The Bertz CT molecular complexity index is 1290. The van der Waals surface area contributed by atoms with Gasteiger partial charge in [0.25, 0.3) is 0 Å². The van der Waals surface area contributed by atoms with Crippen LogP contribution < -0.4 is 20.1 Å². The molecule has 40 heavy (non-hydrogen) atoms. The molecule has 1 unspecified atom stereocenters. The molecule has 212 valence electrons. The molecule has 1 aliphatic heterocycles. The predicted molar refractivity (Wildman–Crippen MR) is 149 cm³/mol. The number of anilines is 2. The Balaban J connectivity index is 1.42. The molecule has 0 spiro atoms. The van der Waals surface area contributed by atoms with E-state index < -0.39 is 23.3 Å². The number of aromatic nitrogens is 1. The van der Waals surface area contributed by atoms with Crippen LogP contribution in [0.4, 0.5) is 20.2 Å². The fourth-order valence-electron chi connectivity index (χ4n) is 5.68. The third kappa shape index (κ3) is 6.09. The summed E-state index contributed by atoms with van der Waals surface area (Å²) in [6.07, 6.45) is 6.86. The Hall–Kier alpha value is -3.59. The monoisotopic (exact) mass is 571 g/mol. The molecule has 0 bridgehead atoms. The number of hydrogen-bond acceptors (Lipinski definition) is 7. The standard InChI is InChI=1S/C30H32ClF2N3O4/c1-2-38-29(37)18-39-22-12-13-28(34-16-22)40-17-23(19-6-4-3-5-7-19)30(20-8-10-21(31)11-9-20)35-26-14-24(32)25(33)15-27(26)36-30/h8-16,19,23,35-36H,2-7,17-18H2,1H3. The van der Waals surface area contributed by atoms with E-state index in [-0.39, 0.29) is 31.7 Å². The third-order valence-electron chi connectivity index (χ3n) is 7.58. The predicted octanol–water partition coefficient (Wildman–Crippen LogP) is 6.92. The zero-order valence-electron chi connectivity index (χ0n) is 22.2. The van der Waals surface area contributed by atoms with Crippen molar-refractivity contribution in [1.29, 1.82) is 0 Å². The van der Waals surface area contributed by atoms with Crippen LogP contribution in [0.3, 0.4) is 0 Å². The third-order valence-corrected chi connectivity index (χ3v) is 7.83. The number of fused-ring (bicyclic) bond motifs is 1. The van der Waals surface area contributed by atoms with E-state index in [1.165, 1.54) is 24.8 Å². The van der Waals surface area contributed by atoms with Crippen LogP contribution in [0, 0.1) is 23.5 Å². The number of rotatable bonds is 10. The first kappa shape index (κ1) is 28.0. The van der Waals surface area contributed by atoms with Crippen molar-refractivity contribution in [2.75, 3.05) is 30.5 Å². The molecule has 2 N–H and O–H groups in total. The molecule has 1 fully saturated rings. The number of esters is 1. The molecule has 0 radical (unpaired) electrons. The Morgan fingerprint density at radius 3 is 2.30 bits per heavy atom. The highest BCUT2D eigenvalue weighted by Crippen LogP contribution is 2.49. The molecule has 0 saturated heterocycles. The molecule has 1 aromatic heterocycles. The molecule has 1 aliphatic carbocycles. The van der Waals surface area contributed by atoms with Crippen LogP contribution in [0.2, 0.25) is 5.02 Å². The number of carbonyl (C=O) groups is 1. The van der Waals surface area contributed by atoms with Gasteiger partial charge in [-0.3, -0.25) is 0 Å². The quantitative estimate of drug-likeness (QED) is 0.256. The molecule has 2 heterocycles. The van der Waals surface area contributed by atoms with Crippen molar-refractivity contribution in [3.63, 3.8) is 0 Å². The van der Waals surface area contributed by atoms with E-state index >= 15 is 0 Å². The molecule has 0 amide bonds. The summed E-state index contributed by atoms with van der Waals surface area (Å²) in [5.74, 6) is -1.36. The highest BCUT2D eigenvalue weighted by Gasteiger charge is 2.49. The van der Waals surface area contributed by atoms with Crippen LogP contribution in [0.15, 0.2) is 54.7 Å². The van der Waals surface area contributed by atoms with Crippen LogP contribution in [0.25, 0.3) is 0 Å². The average molecular weight is 572 g/mol. The van der Waals surface area contributed by atoms with Gasteiger partial charge >= 0.3 is 5.97 Å². The number of hydrogen-bond donors (Lipinski definition) is 2. The summed E-state index contributed by atoms with van der Waals surface area (Å²) in [7, 11) is 0. The van der Waals surface area contributed by atoms with Crippen molar-refractivity contribution < 1.29 is 27.8 Å². The van der Waals surface area contributed by atoms with E-state index in [1.54, 1.807) is 19.1 Å². The van der Waals surface area contributed by atoms with Crippen LogP contribution in [0.1, 0.15) is 44.6 Å². The molecule has 2 aromatic carbocycles. The van der Waals surface area contributed by atoms with Crippen molar-refractivity contribution in [1.82, 2.24) is 4.98 Å². The van der Waals surface area contributed by atoms with Crippen LogP contribution in [-0.2, 0) is 15.2 Å². The summed E-state index contributed by atoms with van der Waals surface area (Å²) in [6, 6.07) is 13.2. The maximum absolute atomic E-state index is 14.2. The Morgan fingerprint density at radius 1 is 1.02 bits per heavy atom. The van der Waals surface area contributed by atoms with Gasteiger partial charge in [0, 0.05) is 29.1 Å². The van der Waals surface area contributed by atoms with Gasteiger partial charge < -0.3 is 24.8 Å². The summed E-state index contributed by atoms with van der Waals surface area (Å²) in [6.45, 7) is 2.09. The number of halogens is 3. The van der Waals surface area contributed by atoms with Gasteiger partial charge in [-0.15, -0.1) is 0 Å². The van der Waals surface area contributed by atoms with Gasteiger partial charge in [-0.1, -0.05) is 43.0 Å². The normalized spacial score (nSPS) is 16.8. The first-order valence-electron chi connectivity index (χ1n) is 13.6. The molecule has 3 aromatic rings. The van der Waals surface area contributed by atoms with E-state index in [1.807, 2.05) is 24.3 Å². The maximum Gasteiger partial charge on any atom is 0.344 e. The summed E-state index contributed by atoms with van der Waals surface area (Å²) < 4.78 is 45.1. The second-order valence-electron chi connectivity index (χ2n) is 10.1. The fraction of sp³-hybridized carbons (Fsp3) is 0.400. The highest BCUT2D eigenvalue weighted by atomic mass is 35.5. The molecule has 7 nitrogen and oxygen atoms in total. The number of nitrogens with zero attached hydrogens (tertiary/aromatic N) is 1. The number of ether oxygens (including phenoxy) is 3. The van der Waals surface area contributed by atoms with Crippen molar-refractivity contribution >= 4 is 28.9 Å².